The Morgan fingerprint density at radius 2 is 1.78 bits per heavy atom. The maximum Gasteiger partial charge on any atom is 0.307 e. The van der Waals surface area contributed by atoms with Crippen molar-refractivity contribution >= 4 is 33.9 Å². The van der Waals surface area contributed by atoms with Gasteiger partial charge >= 0.3 is 5.24 Å². The number of furan rings is 1. The number of amides is 2. The summed E-state index contributed by atoms with van der Waals surface area (Å²) >= 11 is 0.863. The van der Waals surface area contributed by atoms with Gasteiger partial charge in [-0.2, -0.15) is 0 Å². The van der Waals surface area contributed by atoms with Crippen molar-refractivity contribution in [3.63, 3.8) is 0 Å². The van der Waals surface area contributed by atoms with Gasteiger partial charge in [0.2, 0.25) is 0 Å². The van der Waals surface area contributed by atoms with Crippen LogP contribution in [0.4, 0.5) is 4.79 Å². The number of benzene rings is 2. The number of nitrogens with zero attached hydrogens (tertiary/aromatic N) is 1. The number of hydrogen-bond acceptors (Lipinski definition) is 8. The zero-order valence-corrected chi connectivity index (χ0v) is 20.6. The highest BCUT2D eigenvalue weighted by atomic mass is 32.2. The molecule has 3 N–H and O–H groups in total. The van der Waals surface area contributed by atoms with Crippen LogP contribution in [0.2, 0.25) is 0 Å². The quantitative estimate of drug-likeness (QED) is 0.167. The monoisotopic (exact) mass is 511 g/mol. The Bertz CT molecular complexity index is 1200. The molecular formula is C26H29N3O6S. The van der Waals surface area contributed by atoms with Crippen molar-refractivity contribution in [1.82, 2.24) is 15.7 Å². The highest BCUT2D eigenvalue weighted by molar-refractivity contribution is 8.13. The van der Waals surface area contributed by atoms with Crippen LogP contribution in [0.3, 0.4) is 0 Å². The van der Waals surface area contributed by atoms with Crippen LogP contribution in [-0.4, -0.2) is 59.6 Å². The van der Waals surface area contributed by atoms with E-state index >= 15 is 0 Å². The molecule has 1 saturated carbocycles. The van der Waals surface area contributed by atoms with Crippen molar-refractivity contribution in [3.8, 4) is 11.5 Å². The summed E-state index contributed by atoms with van der Waals surface area (Å²) in [5.41, 5.74) is 2.20. The maximum atomic E-state index is 12.5. The summed E-state index contributed by atoms with van der Waals surface area (Å²) in [4.78, 5) is 26.9. The number of thioether (sulfide) groups is 1. The first kappa shape index (κ1) is 24.5. The summed E-state index contributed by atoms with van der Waals surface area (Å²) < 4.78 is 17.6. The minimum atomic E-state index is -0.565. The Balaban J connectivity index is 1.07. The average molecular weight is 512 g/mol. The second-order valence-corrected chi connectivity index (χ2v) is 10.0. The molecule has 2 amide bonds. The van der Waals surface area contributed by atoms with Crippen LogP contribution in [-0.2, 0) is 0 Å². The van der Waals surface area contributed by atoms with Gasteiger partial charge in [-0.3, -0.25) is 14.8 Å². The lowest BCUT2D eigenvalue weighted by Crippen LogP contribution is -2.39. The van der Waals surface area contributed by atoms with Gasteiger partial charge in [0, 0.05) is 29.4 Å². The van der Waals surface area contributed by atoms with Crippen LogP contribution >= 0.6 is 11.8 Å². The van der Waals surface area contributed by atoms with Gasteiger partial charge in [0.15, 0.2) is 5.76 Å². The molecule has 2 aromatic carbocycles. The molecule has 1 saturated heterocycles. The van der Waals surface area contributed by atoms with Gasteiger partial charge in [-0.15, -0.1) is 0 Å². The third kappa shape index (κ3) is 6.31. The van der Waals surface area contributed by atoms with Crippen molar-refractivity contribution < 1.29 is 28.7 Å². The summed E-state index contributed by atoms with van der Waals surface area (Å²) in [6.07, 6.45) is 4.99. The predicted molar refractivity (Wildman–Crippen MR) is 135 cm³/mol. The number of ether oxygens (including phenoxy) is 2. The zero-order valence-electron chi connectivity index (χ0n) is 19.8. The van der Waals surface area contributed by atoms with Gasteiger partial charge in [0.05, 0.1) is 6.54 Å². The van der Waals surface area contributed by atoms with Crippen LogP contribution in [0.5, 0.6) is 11.5 Å². The van der Waals surface area contributed by atoms with E-state index in [1.807, 2.05) is 18.2 Å². The highest BCUT2D eigenvalue weighted by Gasteiger charge is 2.32. The predicted octanol–water partition coefficient (Wildman–Crippen LogP) is 4.44. The highest BCUT2D eigenvalue weighted by Crippen LogP contribution is 2.31. The number of rotatable bonds is 9. The molecule has 1 aromatic heterocycles. The molecule has 0 unspecified atom stereocenters. The zero-order chi connectivity index (χ0) is 24.9. The van der Waals surface area contributed by atoms with Gasteiger partial charge in [0.1, 0.15) is 29.8 Å². The molecule has 0 spiro atoms. The Kier molecular flexibility index (Phi) is 7.64. The SMILES string of the molecule is O=C(NO)Sc1ccc(OCCNC(=O)c2cc3cc(OC4CCN(C5CC5)CC4)ccc3o2)cc1. The average Bonchev–Trinajstić information content (AvgIpc) is 3.66. The summed E-state index contributed by atoms with van der Waals surface area (Å²) in [5, 5.41) is 11.6. The first-order valence-electron chi connectivity index (χ1n) is 12.1. The summed E-state index contributed by atoms with van der Waals surface area (Å²) in [5.74, 6) is 1.33. The standard InChI is InChI=1S/C26H29N3O6S/c30-25(27-11-14-33-19-3-6-22(7-4-19)36-26(31)28-32)24-16-17-15-21(5-8-23(17)35-24)34-20-9-12-29(13-10-20)18-1-2-18/h3-8,15-16,18,20,32H,1-2,9-14H2,(H,27,30)(H,28,31). The van der Waals surface area contributed by atoms with Crippen molar-refractivity contribution in [2.45, 2.75) is 42.7 Å². The lowest BCUT2D eigenvalue weighted by Gasteiger charge is -2.32. The fourth-order valence-electron chi connectivity index (χ4n) is 4.35. The molecule has 2 heterocycles. The number of hydrogen-bond donors (Lipinski definition) is 3. The first-order valence-corrected chi connectivity index (χ1v) is 13.0. The van der Waals surface area contributed by atoms with Gasteiger partial charge in [-0.05, 0) is 86.0 Å². The molecular weight excluding hydrogens is 482 g/mol. The van der Waals surface area contributed by atoms with E-state index < -0.39 is 5.24 Å². The van der Waals surface area contributed by atoms with Crippen LogP contribution in [0.1, 0.15) is 36.2 Å². The van der Waals surface area contributed by atoms with E-state index in [0.717, 1.165) is 54.9 Å². The van der Waals surface area contributed by atoms with Gasteiger partial charge in [0.25, 0.3) is 5.91 Å². The molecule has 1 aliphatic heterocycles. The topological polar surface area (TPSA) is 113 Å². The van der Waals surface area contributed by atoms with Gasteiger partial charge in [-0.25, -0.2) is 5.48 Å². The van der Waals surface area contributed by atoms with Crippen molar-refractivity contribution in [2.24, 2.45) is 0 Å². The smallest absolute Gasteiger partial charge is 0.307 e. The minimum Gasteiger partial charge on any atom is -0.492 e. The fraction of sp³-hybridized carbons (Fsp3) is 0.385. The molecule has 10 heteroatoms. The third-order valence-electron chi connectivity index (χ3n) is 6.34. The van der Waals surface area contributed by atoms with Crippen molar-refractivity contribution in [3.05, 3.63) is 54.3 Å². The van der Waals surface area contributed by atoms with Crippen LogP contribution in [0.15, 0.2) is 57.8 Å². The molecule has 1 aliphatic carbocycles. The second kappa shape index (κ2) is 11.2. The molecule has 5 rings (SSSR count). The molecule has 190 valence electrons. The van der Waals surface area contributed by atoms with Crippen molar-refractivity contribution in [1.29, 1.82) is 0 Å². The number of nitrogens with one attached hydrogen (secondary N) is 2. The summed E-state index contributed by atoms with van der Waals surface area (Å²) in [6, 6.07) is 15.0. The van der Waals surface area contributed by atoms with Crippen LogP contribution in [0.25, 0.3) is 11.0 Å². The molecule has 0 radical (unpaired) electrons. The Hall–Kier alpha value is -3.21. The molecule has 2 aliphatic rings. The summed E-state index contributed by atoms with van der Waals surface area (Å²) in [7, 11) is 0. The van der Waals surface area contributed by atoms with Crippen LogP contribution < -0.4 is 20.3 Å². The Labute approximate surface area is 213 Å². The number of likely N-dealkylation sites (tertiary alicyclic amines) is 1. The molecule has 2 fully saturated rings. The number of fused-ring (bicyclic) bond motifs is 1. The largest absolute Gasteiger partial charge is 0.492 e. The number of carbonyl (C=O) groups excluding carboxylic acids is 2. The Morgan fingerprint density at radius 3 is 2.50 bits per heavy atom. The molecule has 9 nitrogen and oxygen atoms in total. The fourth-order valence-corrected chi connectivity index (χ4v) is 4.88. The van der Waals surface area contributed by atoms with E-state index in [0.29, 0.717) is 22.8 Å². The molecule has 3 aromatic rings. The lowest BCUT2D eigenvalue weighted by atomic mass is 10.1. The van der Waals surface area contributed by atoms with E-state index in [4.69, 9.17) is 19.1 Å². The summed E-state index contributed by atoms with van der Waals surface area (Å²) in [6.45, 7) is 2.77. The minimum absolute atomic E-state index is 0.224. The van der Waals surface area contributed by atoms with E-state index in [1.54, 1.807) is 35.8 Å². The third-order valence-corrected chi connectivity index (χ3v) is 7.12. The first-order chi connectivity index (χ1) is 17.6. The van der Waals surface area contributed by atoms with E-state index in [2.05, 4.69) is 10.2 Å². The van der Waals surface area contributed by atoms with Gasteiger partial charge < -0.3 is 24.1 Å². The van der Waals surface area contributed by atoms with E-state index in [9.17, 15) is 9.59 Å². The van der Waals surface area contributed by atoms with E-state index in [1.165, 1.54) is 12.8 Å². The lowest BCUT2D eigenvalue weighted by molar-refractivity contribution is 0.0921. The molecule has 0 atom stereocenters. The molecule has 36 heavy (non-hydrogen) atoms. The second-order valence-electron chi connectivity index (χ2n) is 8.97. The number of piperidine rings is 1. The Morgan fingerprint density at radius 1 is 1.03 bits per heavy atom. The number of carbonyl (C=O) groups is 2. The normalized spacial score (nSPS) is 16.6. The van der Waals surface area contributed by atoms with Crippen molar-refractivity contribution in [2.75, 3.05) is 26.2 Å². The molecule has 0 bridgehead atoms. The maximum absolute atomic E-state index is 12.5. The van der Waals surface area contributed by atoms with E-state index in [-0.39, 0.29) is 24.4 Å². The van der Waals surface area contributed by atoms with Crippen LogP contribution in [0, 0.1) is 0 Å². The van der Waals surface area contributed by atoms with Gasteiger partial charge in [-0.1, -0.05) is 0 Å². The number of hydroxylamine groups is 1.